The second-order valence-electron chi connectivity index (χ2n) is 4.40. The minimum absolute atomic E-state index is 0.0517. The summed E-state index contributed by atoms with van der Waals surface area (Å²) >= 11 is 1.59. The van der Waals surface area contributed by atoms with Crippen LogP contribution in [0.4, 0.5) is 10.1 Å². The highest BCUT2D eigenvalue weighted by molar-refractivity contribution is 7.09. The number of nitrogens with zero attached hydrogens (tertiary/aromatic N) is 1. The summed E-state index contributed by atoms with van der Waals surface area (Å²) in [5, 5.41) is 23.5. The zero-order valence-corrected chi connectivity index (χ0v) is 12.1. The molecule has 0 amide bonds. The van der Waals surface area contributed by atoms with Crippen LogP contribution in [0.3, 0.4) is 0 Å². The SMILES string of the molecule is N#Cc1c(F)cccc1NCC(O)COCc1cccs1. The first-order valence-electron chi connectivity index (χ1n) is 6.41. The summed E-state index contributed by atoms with van der Waals surface area (Å²) < 4.78 is 18.8. The van der Waals surface area contributed by atoms with Crippen molar-refractivity contribution in [3.8, 4) is 6.07 Å². The zero-order chi connectivity index (χ0) is 15.1. The minimum Gasteiger partial charge on any atom is -0.389 e. The smallest absolute Gasteiger partial charge is 0.143 e. The van der Waals surface area contributed by atoms with Crippen LogP contribution in [0.2, 0.25) is 0 Å². The van der Waals surface area contributed by atoms with Crippen molar-refractivity contribution in [1.29, 1.82) is 5.26 Å². The Morgan fingerprint density at radius 1 is 1.38 bits per heavy atom. The van der Waals surface area contributed by atoms with Gasteiger partial charge in [0.25, 0.3) is 0 Å². The topological polar surface area (TPSA) is 65.3 Å². The number of anilines is 1. The van der Waals surface area contributed by atoms with Gasteiger partial charge in [-0.1, -0.05) is 12.1 Å². The maximum absolute atomic E-state index is 13.4. The summed E-state index contributed by atoms with van der Waals surface area (Å²) in [6, 6.07) is 10.0. The van der Waals surface area contributed by atoms with Gasteiger partial charge in [0.15, 0.2) is 0 Å². The fraction of sp³-hybridized carbons (Fsp3) is 0.267. The molecule has 21 heavy (non-hydrogen) atoms. The van der Waals surface area contributed by atoms with E-state index in [4.69, 9.17) is 10.00 Å². The Kier molecular flexibility index (Phi) is 5.69. The molecule has 6 heteroatoms. The molecule has 110 valence electrons. The van der Waals surface area contributed by atoms with Crippen molar-refractivity contribution in [1.82, 2.24) is 0 Å². The van der Waals surface area contributed by atoms with Crippen LogP contribution in [0.5, 0.6) is 0 Å². The predicted octanol–water partition coefficient (Wildman–Crippen LogP) is 2.75. The molecule has 0 saturated heterocycles. The van der Waals surface area contributed by atoms with E-state index < -0.39 is 11.9 Å². The average molecular weight is 306 g/mol. The molecule has 0 saturated carbocycles. The lowest BCUT2D eigenvalue weighted by atomic mass is 10.2. The van der Waals surface area contributed by atoms with Gasteiger partial charge in [0, 0.05) is 11.4 Å². The Hall–Kier alpha value is -1.94. The van der Waals surface area contributed by atoms with Crippen LogP contribution < -0.4 is 5.32 Å². The van der Waals surface area contributed by atoms with E-state index in [0.29, 0.717) is 12.3 Å². The third-order valence-electron chi connectivity index (χ3n) is 2.79. The number of thiophene rings is 1. The number of aliphatic hydroxyl groups is 1. The summed E-state index contributed by atoms with van der Waals surface area (Å²) in [4.78, 5) is 1.09. The molecule has 1 unspecified atom stereocenters. The van der Waals surface area contributed by atoms with Crippen molar-refractivity contribution in [2.75, 3.05) is 18.5 Å². The summed E-state index contributed by atoms with van der Waals surface area (Å²) in [5.74, 6) is -0.578. The first-order valence-corrected chi connectivity index (χ1v) is 7.29. The second kappa shape index (κ2) is 7.74. The molecule has 0 aliphatic heterocycles. The number of halogens is 1. The number of hydrogen-bond donors (Lipinski definition) is 2. The van der Waals surface area contributed by atoms with Gasteiger partial charge in [-0.2, -0.15) is 5.26 Å². The molecule has 0 aliphatic carbocycles. The average Bonchev–Trinajstić information content (AvgIpc) is 2.98. The van der Waals surface area contributed by atoms with E-state index >= 15 is 0 Å². The molecule has 0 bridgehead atoms. The van der Waals surface area contributed by atoms with Gasteiger partial charge in [-0.15, -0.1) is 11.3 Å². The molecule has 2 N–H and O–H groups in total. The lowest BCUT2D eigenvalue weighted by Gasteiger charge is -2.14. The molecule has 0 aliphatic rings. The Balaban J connectivity index is 1.77. The highest BCUT2D eigenvalue weighted by Crippen LogP contribution is 2.17. The second-order valence-corrected chi connectivity index (χ2v) is 5.44. The molecular formula is C15H15FN2O2S. The van der Waals surface area contributed by atoms with Crippen molar-refractivity contribution in [2.24, 2.45) is 0 Å². The summed E-state index contributed by atoms with van der Waals surface area (Å²) in [6.45, 7) is 0.808. The molecule has 2 rings (SSSR count). The first-order chi connectivity index (χ1) is 10.2. The summed E-state index contributed by atoms with van der Waals surface area (Å²) in [6.07, 6.45) is -0.736. The number of nitrogens with one attached hydrogen (secondary N) is 1. The Labute approximate surface area is 126 Å². The van der Waals surface area contributed by atoms with Gasteiger partial charge in [-0.05, 0) is 23.6 Å². The zero-order valence-electron chi connectivity index (χ0n) is 11.3. The largest absolute Gasteiger partial charge is 0.389 e. The van der Waals surface area contributed by atoms with Crippen molar-refractivity contribution >= 4 is 17.0 Å². The number of nitriles is 1. The van der Waals surface area contributed by atoms with E-state index in [1.807, 2.05) is 17.5 Å². The molecule has 0 spiro atoms. The quantitative estimate of drug-likeness (QED) is 0.825. The number of aliphatic hydroxyl groups excluding tert-OH is 1. The summed E-state index contributed by atoms with van der Waals surface area (Å²) in [7, 11) is 0. The fourth-order valence-electron chi connectivity index (χ4n) is 1.76. The van der Waals surface area contributed by atoms with Crippen LogP contribution in [0, 0.1) is 17.1 Å². The van der Waals surface area contributed by atoms with Crippen LogP contribution in [0.1, 0.15) is 10.4 Å². The van der Waals surface area contributed by atoms with E-state index in [1.165, 1.54) is 12.1 Å². The van der Waals surface area contributed by atoms with Crippen LogP contribution in [-0.2, 0) is 11.3 Å². The van der Waals surface area contributed by atoms with Gasteiger partial charge < -0.3 is 15.2 Å². The highest BCUT2D eigenvalue weighted by atomic mass is 32.1. The number of ether oxygens (including phenoxy) is 1. The van der Waals surface area contributed by atoms with Crippen molar-refractivity contribution in [3.63, 3.8) is 0 Å². The van der Waals surface area contributed by atoms with Crippen molar-refractivity contribution in [2.45, 2.75) is 12.7 Å². The molecule has 1 aromatic heterocycles. The predicted molar refractivity (Wildman–Crippen MR) is 79.6 cm³/mol. The lowest BCUT2D eigenvalue weighted by Crippen LogP contribution is -2.25. The van der Waals surface area contributed by atoms with E-state index in [0.717, 1.165) is 4.88 Å². The maximum Gasteiger partial charge on any atom is 0.143 e. The summed E-state index contributed by atoms with van der Waals surface area (Å²) in [5.41, 5.74) is 0.319. The molecule has 0 fully saturated rings. The molecular weight excluding hydrogens is 291 g/mol. The van der Waals surface area contributed by atoms with Gasteiger partial charge in [0.1, 0.15) is 17.4 Å². The molecule has 2 aromatic rings. The lowest BCUT2D eigenvalue weighted by molar-refractivity contribution is 0.0359. The molecule has 4 nitrogen and oxygen atoms in total. The third kappa shape index (κ3) is 4.53. The molecule has 0 radical (unpaired) electrons. The molecule has 1 aromatic carbocycles. The third-order valence-corrected chi connectivity index (χ3v) is 3.64. The van der Waals surface area contributed by atoms with Crippen molar-refractivity contribution < 1.29 is 14.2 Å². The van der Waals surface area contributed by atoms with Crippen LogP contribution in [0.25, 0.3) is 0 Å². The highest BCUT2D eigenvalue weighted by Gasteiger charge is 2.10. The van der Waals surface area contributed by atoms with Gasteiger partial charge in [0.05, 0.1) is 25.0 Å². The Morgan fingerprint density at radius 2 is 2.24 bits per heavy atom. The van der Waals surface area contributed by atoms with Crippen LogP contribution in [-0.4, -0.2) is 24.4 Å². The van der Waals surface area contributed by atoms with E-state index in [2.05, 4.69) is 5.32 Å². The maximum atomic E-state index is 13.4. The van der Waals surface area contributed by atoms with E-state index in [1.54, 1.807) is 23.5 Å². The van der Waals surface area contributed by atoms with Gasteiger partial charge >= 0.3 is 0 Å². The van der Waals surface area contributed by atoms with Crippen molar-refractivity contribution in [3.05, 3.63) is 52.0 Å². The Bertz CT molecular complexity index is 611. The number of benzene rings is 1. The van der Waals surface area contributed by atoms with E-state index in [-0.39, 0.29) is 18.7 Å². The van der Waals surface area contributed by atoms with Gasteiger partial charge in [0.2, 0.25) is 0 Å². The minimum atomic E-state index is -0.736. The number of hydrogen-bond acceptors (Lipinski definition) is 5. The van der Waals surface area contributed by atoms with Crippen LogP contribution >= 0.6 is 11.3 Å². The monoisotopic (exact) mass is 306 g/mol. The molecule has 1 atom stereocenters. The molecule has 1 heterocycles. The standard InChI is InChI=1S/C15H15FN2O2S/c16-14-4-1-5-15(13(14)7-17)18-8-11(19)9-20-10-12-3-2-6-21-12/h1-6,11,18-19H,8-10H2. The Morgan fingerprint density at radius 3 is 2.95 bits per heavy atom. The normalized spacial score (nSPS) is 11.9. The van der Waals surface area contributed by atoms with Gasteiger partial charge in [-0.3, -0.25) is 0 Å². The van der Waals surface area contributed by atoms with Crippen LogP contribution in [0.15, 0.2) is 35.7 Å². The number of rotatable bonds is 7. The van der Waals surface area contributed by atoms with Gasteiger partial charge in [-0.25, -0.2) is 4.39 Å². The fourth-order valence-corrected chi connectivity index (χ4v) is 2.40. The van der Waals surface area contributed by atoms with E-state index in [9.17, 15) is 9.50 Å². The first kappa shape index (κ1) is 15.4.